The fourth-order valence-corrected chi connectivity index (χ4v) is 7.56. The summed E-state index contributed by atoms with van der Waals surface area (Å²) in [6, 6.07) is 56.9. The zero-order chi connectivity index (χ0) is 47.5. The van der Waals surface area contributed by atoms with E-state index in [0.29, 0.717) is 43.2 Å². The Balaban J connectivity index is 0.000000325. The first-order valence-electron chi connectivity index (χ1n) is 19.7. The number of nitrogens with two attached hydrogens (primary N) is 1. The van der Waals surface area contributed by atoms with E-state index in [-0.39, 0.29) is 59.0 Å². The van der Waals surface area contributed by atoms with Crippen molar-refractivity contribution in [2.75, 3.05) is 16.8 Å². The number of carbonyl (C=O) groups excluding carboxylic acids is 2. The van der Waals surface area contributed by atoms with E-state index >= 15 is 0 Å². The molecular weight excluding hydrogens is 1050 g/mol. The molecule has 0 fully saturated rings. The van der Waals surface area contributed by atoms with Crippen molar-refractivity contribution in [2.24, 2.45) is 11.1 Å². The van der Waals surface area contributed by atoms with Crippen molar-refractivity contribution in [3.05, 3.63) is 203 Å². The normalized spacial score (nSPS) is 9.90. The van der Waals surface area contributed by atoms with Gasteiger partial charge in [0.1, 0.15) is 0 Å². The van der Waals surface area contributed by atoms with Crippen LogP contribution in [-0.2, 0) is 0 Å². The molecule has 25 heteroatoms. The molecule has 0 amide bonds. The monoisotopic (exact) mass is 1090 g/mol. The van der Waals surface area contributed by atoms with Crippen LogP contribution in [0.15, 0.2) is 197 Å². The molecule has 0 aliphatic heterocycles. The van der Waals surface area contributed by atoms with Gasteiger partial charge in [0, 0.05) is 22.4 Å². The standard InChI is InChI=1S/C15H13N5OS.C15H12N4OS.C8H7BrO.C7H6N4S.ClH.H3NO.Na.H2O/c21-17-14(12-7-3-1-4-8-12)11-22-15-16-18-19-20(15)13-9-5-2-6-10-13;20-14(12-7-3-1-4-8-12)11-21-15-16-17-18-19(15)13-9-5-2-6-10-13;9-6-8(10)7-4-2-1-3-5-7;12-7-8-9-10-11(7)6-4-2-1-3-5-6;;1-2;;/h1-10,21H,11H2;1-10H,11H2;1-5H,6H2;1-5H,(H,8,10,12);1H;2H,1H2;;1H2/q;;;;;;+1;/p-1/b17-14-;;;;;;;. The fourth-order valence-electron chi connectivity index (χ4n) is 5.41. The molecule has 6 N–H and O–H groups in total. The summed E-state index contributed by atoms with van der Waals surface area (Å²) in [4.78, 5) is 23.1. The number of oxime groups is 1. The molecule has 0 bridgehead atoms. The van der Waals surface area contributed by atoms with Crippen molar-refractivity contribution < 1.29 is 55.0 Å². The Bertz CT molecular complexity index is 2910. The van der Waals surface area contributed by atoms with E-state index in [4.69, 9.17) is 17.4 Å². The van der Waals surface area contributed by atoms with E-state index in [1.54, 1.807) is 14.0 Å². The van der Waals surface area contributed by atoms with Gasteiger partial charge < -0.3 is 15.9 Å². The Morgan fingerprint density at radius 3 is 1.34 bits per heavy atom. The van der Waals surface area contributed by atoms with Gasteiger partial charge >= 0.3 is 29.6 Å². The first kappa shape index (κ1) is 60.0. The maximum Gasteiger partial charge on any atom is 1.00 e. The van der Waals surface area contributed by atoms with Crippen molar-refractivity contribution in [3.8, 4) is 17.1 Å². The maximum absolute atomic E-state index is 12.1. The third-order valence-electron chi connectivity index (χ3n) is 8.58. The molecule has 6 aromatic carbocycles. The van der Waals surface area contributed by atoms with Crippen molar-refractivity contribution in [2.45, 2.75) is 10.3 Å². The minimum atomic E-state index is 0. The van der Waals surface area contributed by atoms with Crippen LogP contribution in [-0.4, -0.2) is 111 Å². The average molecular weight is 1090 g/mol. The molecule has 70 heavy (non-hydrogen) atoms. The topological polar surface area (TPSA) is 277 Å². The molecule has 9 aromatic rings. The third kappa shape index (κ3) is 19.0. The summed E-state index contributed by atoms with van der Waals surface area (Å²) in [5, 5.41) is 54.0. The predicted octanol–water partition coefficient (Wildman–Crippen LogP) is 5.44. The minimum absolute atomic E-state index is 0. The van der Waals surface area contributed by atoms with Crippen LogP contribution in [0.3, 0.4) is 0 Å². The number of aromatic amines is 1. The van der Waals surface area contributed by atoms with Crippen LogP contribution in [0.2, 0.25) is 0 Å². The summed E-state index contributed by atoms with van der Waals surface area (Å²) in [5.41, 5.74) is 5.61. The number of alkyl halides is 1. The zero-order valence-electron chi connectivity index (χ0n) is 37.1. The van der Waals surface area contributed by atoms with Crippen molar-refractivity contribution in [1.82, 2.24) is 60.6 Å². The van der Waals surface area contributed by atoms with Crippen LogP contribution in [0, 0.1) is 4.77 Å². The number of halogens is 2. The number of nitrogens with one attached hydrogen (secondary N) is 1. The maximum atomic E-state index is 12.1. The first-order valence-corrected chi connectivity index (χ1v) is 23.2. The second-order valence-electron chi connectivity index (χ2n) is 12.9. The Morgan fingerprint density at radius 2 is 0.957 bits per heavy atom. The summed E-state index contributed by atoms with van der Waals surface area (Å²) in [6.45, 7) is 0. The number of hydrogen-bond donors (Lipinski definition) is 4. The van der Waals surface area contributed by atoms with Crippen molar-refractivity contribution in [3.63, 3.8) is 0 Å². The van der Waals surface area contributed by atoms with Gasteiger partial charge in [-0.25, -0.2) is 10.6 Å². The van der Waals surface area contributed by atoms with E-state index in [1.165, 1.54) is 23.5 Å². The van der Waals surface area contributed by atoms with E-state index in [9.17, 15) is 14.8 Å². The number of H-pyrrole nitrogens is 1. The molecular formula is C45H43BrClN14NaO5S3. The number of tetrazole rings is 3. The minimum Gasteiger partial charge on any atom is -0.870 e. The molecule has 0 saturated heterocycles. The van der Waals surface area contributed by atoms with Crippen LogP contribution < -0.4 is 35.5 Å². The number of thioether (sulfide) groups is 2. The quantitative estimate of drug-likeness (QED) is 0.0163. The number of aromatic nitrogens is 12. The summed E-state index contributed by atoms with van der Waals surface area (Å²) in [5.74, 6) is 4.45. The zero-order valence-corrected chi connectivity index (χ0v) is 43.9. The van der Waals surface area contributed by atoms with Gasteiger partial charge in [0.25, 0.3) is 0 Å². The van der Waals surface area contributed by atoms with E-state index in [1.807, 2.05) is 182 Å². The first-order chi connectivity index (χ1) is 32.9. The largest absolute Gasteiger partial charge is 1.00 e. The van der Waals surface area contributed by atoms with Gasteiger partial charge in [0.05, 0.1) is 33.9 Å². The number of rotatable bonds is 13. The van der Waals surface area contributed by atoms with Gasteiger partial charge in [-0.15, -0.1) is 22.6 Å². The Labute approximate surface area is 452 Å². The van der Waals surface area contributed by atoms with Gasteiger partial charge in [-0.3, -0.25) is 9.59 Å². The van der Waals surface area contributed by atoms with Gasteiger partial charge in [-0.2, -0.15) is 14.6 Å². The summed E-state index contributed by atoms with van der Waals surface area (Å²) in [6.07, 6.45) is 0. The molecule has 0 aliphatic carbocycles. The molecule has 0 atom stereocenters. The molecule has 19 nitrogen and oxygen atoms in total. The number of ketones is 2. The summed E-state index contributed by atoms with van der Waals surface area (Å²) >= 11 is 10.8. The second kappa shape index (κ2) is 34.2. The molecule has 3 aromatic heterocycles. The molecule has 0 aliphatic rings. The van der Waals surface area contributed by atoms with Crippen LogP contribution >= 0.6 is 64.1 Å². The van der Waals surface area contributed by atoms with Crippen LogP contribution in [0.1, 0.15) is 26.3 Å². The molecule has 9 rings (SSSR count). The smallest absolute Gasteiger partial charge is 0.870 e. The Morgan fingerprint density at radius 1 is 0.586 bits per heavy atom. The average Bonchev–Trinajstić information content (AvgIpc) is 4.20. The van der Waals surface area contributed by atoms with Crippen LogP contribution in [0.4, 0.5) is 0 Å². The SMILES string of the molecule is Cl.NO.O/N=C(/CSc1nnnn1-c1ccccc1)c1ccccc1.O=C(CBr)c1ccccc1.O=C(CSc1nnnn1-c1ccccc1)c1ccccc1.S=c1nn[nH]n1-c1ccccc1.[Na+].[OH-]. The number of carbonyl (C=O) groups is 2. The number of Topliss-reactive ketones (excluding diaryl/α,β-unsaturated/α-hetero) is 2. The third-order valence-corrected chi connectivity index (χ3v) is 11.2. The second-order valence-corrected chi connectivity index (χ2v) is 15.7. The van der Waals surface area contributed by atoms with E-state index in [0.717, 1.165) is 28.2 Å². The number of benzene rings is 6. The van der Waals surface area contributed by atoms with Gasteiger partial charge in [0.15, 0.2) is 11.6 Å². The number of hydrogen-bond acceptors (Lipinski definition) is 18. The molecule has 0 spiro atoms. The molecule has 0 radical (unpaired) electrons. The van der Waals surface area contributed by atoms with E-state index in [2.05, 4.69) is 73.6 Å². The van der Waals surface area contributed by atoms with Gasteiger partial charge in [0.2, 0.25) is 15.1 Å². The van der Waals surface area contributed by atoms with Crippen LogP contribution in [0.5, 0.6) is 0 Å². The molecule has 0 saturated carbocycles. The fraction of sp³-hybridized carbons (Fsp3) is 0.0667. The Hall–Kier alpha value is -6.09. The summed E-state index contributed by atoms with van der Waals surface area (Å²) in [7, 11) is 0. The van der Waals surface area contributed by atoms with Crippen molar-refractivity contribution >= 4 is 81.4 Å². The number of para-hydroxylation sites is 3. The summed E-state index contributed by atoms with van der Waals surface area (Å²) < 4.78 is 5.35. The van der Waals surface area contributed by atoms with Crippen molar-refractivity contribution in [1.29, 1.82) is 0 Å². The molecule has 3 heterocycles. The predicted molar refractivity (Wildman–Crippen MR) is 272 cm³/mol. The van der Waals surface area contributed by atoms with Gasteiger partial charge in [-0.1, -0.05) is 201 Å². The molecule has 0 unspecified atom stereocenters. The van der Waals surface area contributed by atoms with E-state index < -0.39 is 0 Å². The Kier molecular flexibility index (Phi) is 29.4. The van der Waals surface area contributed by atoms with Crippen LogP contribution in [0.25, 0.3) is 17.1 Å². The van der Waals surface area contributed by atoms with Gasteiger partial charge in [-0.05, 0) is 69.5 Å². The number of nitrogens with zero attached hydrogens (tertiary/aromatic N) is 12. The molecule has 356 valence electrons.